The largest absolute Gasteiger partial charge is 0.481 e. The van der Waals surface area contributed by atoms with Gasteiger partial charge in [0.2, 0.25) is 47.3 Å². The van der Waals surface area contributed by atoms with E-state index >= 15 is 0 Å². The number of aliphatic imine (C=N–C) groups is 1. The first-order chi connectivity index (χ1) is 27.9. The highest BCUT2D eigenvalue weighted by molar-refractivity contribution is 5.98. The fourth-order valence-electron chi connectivity index (χ4n) is 5.94. The van der Waals surface area contributed by atoms with Gasteiger partial charge in [-0.3, -0.25) is 48.1 Å². The smallest absolute Gasteiger partial charge is 0.305 e. The number of carbonyl (C=O) groups is 9. The fourth-order valence-corrected chi connectivity index (χ4v) is 5.94. The van der Waals surface area contributed by atoms with Crippen LogP contribution in [0.4, 0.5) is 0 Å². The second kappa shape index (κ2) is 22.0. The summed E-state index contributed by atoms with van der Waals surface area (Å²) in [7, 11) is 2.53. The summed E-state index contributed by atoms with van der Waals surface area (Å²) in [5, 5.41) is 24.6. The first-order valence-electron chi connectivity index (χ1n) is 18.5. The molecule has 8 amide bonds. The second-order valence-electron chi connectivity index (χ2n) is 13.8. The van der Waals surface area contributed by atoms with Gasteiger partial charge in [0.1, 0.15) is 36.3 Å². The number of carboxylic acid groups (broad SMARTS) is 1. The highest BCUT2D eigenvalue weighted by Crippen LogP contribution is 2.16. The summed E-state index contributed by atoms with van der Waals surface area (Å²) in [4.78, 5) is 126. The Labute approximate surface area is 340 Å². The third-order valence-electron chi connectivity index (χ3n) is 8.97. The molecular formula is C38H51N11O10. The molecule has 11 N–H and O–H groups in total. The van der Waals surface area contributed by atoms with E-state index in [1.807, 2.05) is 0 Å². The Balaban J connectivity index is 2.04. The van der Waals surface area contributed by atoms with Gasteiger partial charge < -0.3 is 58.3 Å². The fraction of sp³-hybridized carbons (Fsp3) is 0.421. The van der Waals surface area contributed by atoms with Crippen molar-refractivity contribution in [2.24, 2.45) is 16.5 Å². The van der Waals surface area contributed by atoms with Crippen molar-refractivity contribution in [3.8, 4) is 0 Å². The average molecular weight is 822 g/mol. The summed E-state index contributed by atoms with van der Waals surface area (Å²) >= 11 is 0. The number of nitrogens with one attached hydrogen (secondary N) is 6. The maximum Gasteiger partial charge on any atom is 0.305 e. The lowest BCUT2D eigenvalue weighted by atomic mass is 10.0. The molecule has 1 fully saturated rings. The Morgan fingerprint density at radius 1 is 0.644 bits per heavy atom. The number of amides is 8. The van der Waals surface area contributed by atoms with Crippen molar-refractivity contribution in [3.05, 3.63) is 71.8 Å². The van der Waals surface area contributed by atoms with Gasteiger partial charge >= 0.3 is 5.97 Å². The highest BCUT2D eigenvalue weighted by Gasteiger charge is 2.34. The van der Waals surface area contributed by atoms with E-state index in [1.54, 1.807) is 48.5 Å². The molecule has 1 heterocycles. The lowest BCUT2D eigenvalue weighted by Gasteiger charge is -2.28. The quantitative estimate of drug-likeness (QED) is 0.0738. The Morgan fingerprint density at radius 2 is 1.14 bits per heavy atom. The highest BCUT2D eigenvalue weighted by atomic mass is 16.4. The number of nitrogens with zero attached hydrogens (tertiary/aromatic N) is 3. The van der Waals surface area contributed by atoms with Crippen LogP contribution in [0.15, 0.2) is 65.7 Å². The minimum absolute atomic E-state index is 0.0485. The molecule has 1 saturated heterocycles. The first-order valence-corrected chi connectivity index (χ1v) is 18.5. The van der Waals surface area contributed by atoms with Crippen molar-refractivity contribution in [3.63, 3.8) is 0 Å². The van der Waals surface area contributed by atoms with Crippen LogP contribution >= 0.6 is 0 Å². The molecular weight excluding hydrogens is 770 g/mol. The predicted octanol–water partition coefficient (Wildman–Crippen LogP) is -2.86. The summed E-state index contributed by atoms with van der Waals surface area (Å²) in [5.74, 6) is -8.48. The molecule has 2 aromatic rings. The zero-order valence-corrected chi connectivity index (χ0v) is 33.1. The van der Waals surface area contributed by atoms with Crippen molar-refractivity contribution in [2.45, 2.75) is 69.4 Å². The first kappa shape index (κ1) is 46.3. The SMILES string of the molecule is C[C@@H]1NC(=O)CN(C)C(=O)[C@H](C)NC(=O)[C@H](c2ccccc2)NC(=O)[C@H](CC(=O)O)NC(=O)CN(C)C(=O)[C@H](CCCN=C(N)N)NC(=O)[C@H](c2ccccc2)NC1=O. The summed E-state index contributed by atoms with van der Waals surface area (Å²) in [6.45, 7) is 1.50. The number of nitrogens with two attached hydrogens (primary N) is 2. The molecule has 0 bridgehead atoms. The zero-order chi connectivity index (χ0) is 43.8. The van der Waals surface area contributed by atoms with E-state index in [-0.39, 0.29) is 30.9 Å². The van der Waals surface area contributed by atoms with Crippen LogP contribution in [0.1, 0.15) is 56.3 Å². The van der Waals surface area contributed by atoms with Crippen LogP contribution in [0, 0.1) is 0 Å². The van der Waals surface area contributed by atoms with Gasteiger partial charge in [-0.25, -0.2) is 0 Å². The van der Waals surface area contributed by atoms with E-state index < -0.39 is 109 Å². The summed E-state index contributed by atoms with van der Waals surface area (Å²) in [6.07, 6.45) is -0.797. The van der Waals surface area contributed by atoms with Crippen LogP contribution in [0.2, 0.25) is 0 Å². The number of hydrogen-bond donors (Lipinski definition) is 9. The van der Waals surface area contributed by atoms with E-state index in [0.717, 1.165) is 9.80 Å². The minimum atomic E-state index is -1.75. The van der Waals surface area contributed by atoms with Crippen LogP contribution in [-0.2, 0) is 43.2 Å². The monoisotopic (exact) mass is 821 g/mol. The normalized spacial score (nSPS) is 23.7. The summed E-state index contributed by atoms with van der Waals surface area (Å²) in [5.41, 5.74) is 11.4. The van der Waals surface area contributed by atoms with E-state index in [1.165, 1.54) is 40.1 Å². The Bertz CT molecular complexity index is 1890. The van der Waals surface area contributed by atoms with Crippen molar-refractivity contribution >= 4 is 59.2 Å². The topological polar surface area (TPSA) is 317 Å². The zero-order valence-electron chi connectivity index (χ0n) is 33.1. The van der Waals surface area contributed by atoms with Gasteiger partial charge in [-0.1, -0.05) is 60.7 Å². The summed E-state index contributed by atoms with van der Waals surface area (Å²) in [6, 6.07) is 7.40. The third-order valence-corrected chi connectivity index (χ3v) is 8.97. The van der Waals surface area contributed by atoms with Crippen LogP contribution in [0.5, 0.6) is 0 Å². The molecule has 21 nitrogen and oxygen atoms in total. The Morgan fingerprint density at radius 3 is 1.66 bits per heavy atom. The maximum atomic E-state index is 13.9. The molecule has 0 saturated carbocycles. The van der Waals surface area contributed by atoms with Gasteiger partial charge in [0.15, 0.2) is 5.96 Å². The lowest BCUT2D eigenvalue weighted by Crippen LogP contribution is -2.56. The predicted molar refractivity (Wildman–Crippen MR) is 211 cm³/mol. The van der Waals surface area contributed by atoms with Crippen molar-refractivity contribution in [2.75, 3.05) is 33.7 Å². The van der Waals surface area contributed by atoms with Crippen molar-refractivity contribution < 1.29 is 48.3 Å². The number of likely N-dealkylation sites (N-methyl/N-ethyl adjacent to an activating group) is 2. The molecule has 3 rings (SSSR count). The molecule has 318 valence electrons. The van der Waals surface area contributed by atoms with Gasteiger partial charge in [-0.05, 0) is 37.8 Å². The van der Waals surface area contributed by atoms with Crippen molar-refractivity contribution in [1.82, 2.24) is 41.7 Å². The molecule has 2 aromatic carbocycles. The number of benzene rings is 2. The van der Waals surface area contributed by atoms with Gasteiger partial charge in [-0.2, -0.15) is 0 Å². The molecule has 0 unspecified atom stereocenters. The summed E-state index contributed by atoms with van der Waals surface area (Å²) < 4.78 is 0. The standard InChI is InChI=1S/C38H51N11O10/c1-21-32(54)46-31(24-14-9-6-10-15-24)35(57)45-25(16-11-17-41-38(39)40)37(59)49(4)20-28(51)44-26(18-29(52)53)33(55)47-30(23-12-7-5-8-13-23)34(56)43-22(2)36(58)48(3)19-27(50)42-21/h5-10,12-15,21-22,25-26,30-31H,11,16-20H2,1-4H3,(H,42,50)(H,43,56)(H,44,51)(H,45,57)(H,46,54)(H,47,55)(H,52,53)(H4,39,40,41)/t21-,22-,25-,26-,30-,31-/m0/s1. The van der Waals surface area contributed by atoms with Gasteiger partial charge in [0.05, 0.1) is 19.5 Å². The number of carbonyl (C=O) groups excluding carboxylic acids is 8. The van der Waals surface area contributed by atoms with Crippen LogP contribution in [-0.4, -0.2) is 132 Å². The number of guanidine groups is 1. The van der Waals surface area contributed by atoms with E-state index in [9.17, 15) is 48.3 Å². The molecule has 1 aliphatic heterocycles. The Hall–Kier alpha value is -7.06. The number of aliphatic carboxylic acids is 1. The Kier molecular flexibility index (Phi) is 17.3. The van der Waals surface area contributed by atoms with E-state index in [4.69, 9.17) is 11.5 Å². The molecule has 0 radical (unpaired) electrons. The van der Waals surface area contributed by atoms with Crippen LogP contribution in [0.3, 0.4) is 0 Å². The van der Waals surface area contributed by atoms with E-state index in [0.29, 0.717) is 5.56 Å². The van der Waals surface area contributed by atoms with Crippen LogP contribution in [0.25, 0.3) is 0 Å². The van der Waals surface area contributed by atoms with E-state index in [2.05, 4.69) is 36.9 Å². The maximum absolute atomic E-state index is 13.9. The van der Waals surface area contributed by atoms with Crippen molar-refractivity contribution in [1.29, 1.82) is 0 Å². The second-order valence-corrected chi connectivity index (χ2v) is 13.8. The molecule has 0 aliphatic carbocycles. The molecule has 6 atom stereocenters. The number of carboxylic acids is 1. The lowest BCUT2D eigenvalue weighted by molar-refractivity contribution is -0.142. The third kappa shape index (κ3) is 14.4. The molecule has 0 spiro atoms. The molecule has 59 heavy (non-hydrogen) atoms. The average Bonchev–Trinajstić information content (AvgIpc) is 3.18. The molecule has 0 aromatic heterocycles. The van der Waals surface area contributed by atoms with Gasteiger partial charge in [-0.15, -0.1) is 0 Å². The number of hydrogen-bond acceptors (Lipinski definition) is 10. The number of rotatable bonds is 8. The molecule has 21 heteroatoms. The molecule has 1 aliphatic rings. The van der Waals surface area contributed by atoms with Crippen LogP contribution < -0.4 is 43.4 Å². The van der Waals surface area contributed by atoms with Gasteiger partial charge in [0.25, 0.3) is 0 Å². The minimum Gasteiger partial charge on any atom is -0.481 e. The van der Waals surface area contributed by atoms with Gasteiger partial charge in [0, 0.05) is 20.6 Å².